The molecule has 20 heavy (non-hydrogen) atoms. The average Bonchev–Trinajstić information content (AvgIpc) is 2.69. The smallest absolute Gasteiger partial charge is 0.259 e. The van der Waals surface area contributed by atoms with E-state index >= 15 is 0 Å². The van der Waals surface area contributed by atoms with Gasteiger partial charge >= 0.3 is 0 Å². The summed E-state index contributed by atoms with van der Waals surface area (Å²) >= 11 is 0. The number of aromatic nitrogens is 1. The number of hydrogen-bond acceptors (Lipinski definition) is 3. The number of amides is 1. The monoisotopic (exact) mass is 267 g/mol. The Morgan fingerprint density at radius 3 is 2.80 bits per heavy atom. The normalized spacial score (nSPS) is 14.5. The molecule has 0 bridgehead atoms. The summed E-state index contributed by atoms with van der Waals surface area (Å²) in [7, 11) is 0. The second-order valence-electron chi connectivity index (χ2n) is 5.01. The van der Waals surface area contributed by atoms with Crippen molar-refractivity contribution in [3.8, 4) is 0 Å². The van der Waals surface area contributed by atoms with Crippen LogP contribution in [0.1, 0.15) is 28.8 Å². The molecule has 1 aliphatic rings. The summed E-state index contributed by atoms with van der Waals surface area (Å²) in [5.74, 6) is 0.421. The zero-order valence-electron chi connectivity index (χ0n) is 11.2. The van der Waals surface area contributed by atoms with Gasteiger partial charge in [0, 0.05) is 18.4 Å². The van der Waals surface area contributed by atoms with Gasteiger partial charge < -0.3 is 10.6 Å². The number of para-hydroxylation sites is 1. The average molecular weight is 267 g/mol. The van der Waals surface area contributed by atoms with Crippen LogP contribution in [-0.4, -0.2) is 17.4 Å². The Bertz CT molecular complexity index is 622. The van der Waals surface area contributed by atoms with E-state index in [1.165, 1.54) is 5.56 Å². The number of carbonyl (C=O) groups excluding carboxylic acids is 1. The number of nitrogens with zero attached hydrogens (tertiary/aromatic N) is 2. The third kappa shape index (κ3) is 2.37. The second-order valence-corrected chi connectivity index (χ2v) is 5.01. The largest absolute Gasteiger partial charge is 0.384 e. The minimum Gasteiger partial charge on any atom is -0.384 e. The van der Waals surface area contributed by atoms with Crippen LogP contribution in [0.3, 0.4) is 0 Å². The fraction of sp³-hybridized carbons (Fsp3) is 0.250. The number of carbonyl (C=O) groups is 1. The fourth-order valence-electron chi connectivity index (χ4n) is 2.59. The number of aryl methyl sites for hydroxylation is 1. The third-order valence-corrected chi connectivity index (χ3v) is 3.64. The van der Waals surface area contributed by atoms with Gasteiger partial charge in [-0.1, -0.05) is 18.2 Å². The number of anilines is 2. The lowest BCUT2D eigenvalue weighted by Crippen LogP contribution is -2.31. The Morgan fingerprint density at radius 1 is 1.15 bits per heavy atom. The maximum atomic E-state index is 12.7. The van der Waals surface area contributed by atoms with Gasteiger partial charge in [0.25, 0.3) is 5.91 Å². The van der Waals surface area contributed by atoms with Crippen LogP contribution in [-0.2, 0) is 6.42 Å². The molecule has 0 aliphatic carbocycles. The molecule has 0 atom stereocenters. The zero-order valence-corrected chi connectivity index (χ0v) is 11.2. The molecule has 0 saturated carbocycles. The minimum absolute atomic E-state index is 0.00755. The van der Waals surface area contributed by atoms with Crippen molar-refractivity contribution in [1.29, 1.82) is 0 Å². The first kappa shape index (κ1) is 12.7. The summed E-state index contributed by atoms with van der Waals surface area (Å²) in [6, 6.07) is 11.5. The summed E-state index contributed by atoms with van der Waals surface area (Å²) in [5.41, 5.74) is 8.41. The van der Waals surface area contributed by atoms with Gasteiger partial charge in [-0.05, 0) is 43.0 Å². The first-order chi connectivity index (χ1) is 9.75. The molecule has 2 aromatic rings. The van der Waals surface area contributed by atoms with Gasteiger partial charge in [-0.2, -0.15) is 0 Å². The standard InChI is InChI=1S/C16H17N3O/c17-15-9-8-13(11-18-15)16(20)19-10-4-3-6-12-5-1-2-7-14(12)19/h1-2,5,7-9,11H,3-4,6,10H2,(H2,17,18). The summed E-state index contributed by atoms with van der Waals surface area (Å²) in [4.78, 5) is 18.5. The lowest BCUT2D eigenvalue weighted by molar-refractivity contribution is 0.0986. The summed E-state index contributed by atoms with van der Waals surface area (Å²) < 4.78 is 0. The molecular formula is C16H17N3O. The molecule has 102 valence electrons. The molecule has 3 rings (SSSR count). The van der Waals surface area contributed by atoms with Crippen LogP contribution in [0.25, 0.3) is 0 Å². The number of benzene rings is 1. The number of hydrogen-bond donors (Lipinski definition) is 1. The van der Waals surface area contributed by atoms with E-state index in [1.807, 2.05) is 23.1 Å². The number of nitrogens with two attached hydrogens (primary N) is 1. The highest BCUT2D eigenvalue weighted by molar-refractivity contribution is 6.06. The maximum Gasteiger partial charge on any atom is 0.259 e. The molecule has 4 nitrogen and oxygen atoms in total. The van der Waals surface area contributed by atoms with E-state index in [1.54, 1.807) is 18.3 Å². The molecule has 0 radical (unpaired) electrons. The SMILES string of the molecule is Nc1ccc(C(=O)N2CCCCc3ccccc32)cn1. The second kappa shape index (κ2) is 5.33. The van der Waals surface area contributed by atoms with Crippen LogP contribution in [0.15, 0.2) is 42.6 Å². The van der Waals surface area contributed by atoms with Crippen molar-refractivity contribution in [1.82, 2.24) is 4.98 Å². The van der Waals surface area contributed by atoms with Crippen LogP contribution in [0, 0.1) is 0 Å². The quantitative estimate of drug-likeness (QED) is 0.864. The van der Waals surface area contributed by atoms with Crippen LogP contribution in [0.4, 0.5) is 11.5 Å². The fourth-order valence-corrected chi connectivity index (χ4v) is 2.59. The zero-order chi connectivity index (χ0) is 13.9. The Kier molecular flexibility index (Phi) is 3.37. The summed E-state index contributed by atoms with van der Waals surface area (Å²) in [5, 5.41) is 0. The van der Waals surface area contributed by atoms with Crippen molar-refractivity contribution in [3.05, 3.63) is 53.7 Å². The van der Waals surface area contributed by atoms with E-state index in [2.05, 4.69) is 11.1 Å². The molecular weight excluding hydrogens is 250 g/mol. The van der Waals surface area contributed by atoms with Crippen molar-refractivity contribution in [2.45, 2.75) is 19.3 Å². The van der Waals surface area contributed by atoms with Crippen molar-refractivity contribution < 1.29 is 4.79 Å². The third-order valence-electron chi connectivity index (χ3n) is 3.64. The molecule has 2 N–H and O–H groups in total. The van der Waals surface area contributed by atoms with E-state index in [0.717, 1.165) is 31.5 Å². The van der Waals surface area contributed by atoms with Crippen molar-refractivity contribution in [3.63, 3.8) is 0 Å². The van der Waals surface area contributed by atoms with Gasteiger partial charge in [-0.3, -0.25) is 4.79 Å². The summed E-state index contributed by atoms with van der Waals surface area (Å²) in [6.07, 6.45) is 4.70. The molecule has 2 heterocycles. The first-order valence-corrected chi connectivity index (χ1v) is 6.87. The number of nitrogen functional groups attached to an aromatic ring is 1. The highest BCUT2D eigenvalue weighted by Gasteiger charge is 2.22. The molecule has 4 heteroatoms. The van der Waals surface area contributed by atoms with Gasteiger partial charge in [0.2, 0.25) is 0 Å². The Balaban J connectivity index is 1.97. The highest BCUT2D eigenvalue weighted by atomic mass is 16.2. The molecule has 1 aliphatic heterocycles. The Labute approximate surface area is 118 Å². The van der Waals surface area contributed by atoms with Gasteiger partial charge in [-0.15, -0.1) is 0 Å². The van der Waals surface area contributed by atoms with Gasteiger partial charge in [-0.25, -0.2) is 4.98 Å². The Hall–Kier alpha value is -2.36. The van der Waals surface area contributed by atoms with E-state index < -0.39 is 0 Å². The first-order valence-electron chi connectivity index (χ1n) is 6.87. The van der Waals surface area contributed by atoms with Crippen molar-refractivity contribution >= 4 is 17.4 Å². The van der Waals surface area contributed by atoms with Crippen LogP contribution < -0.4 is 10.6 Å². The molecule has 0 unspecified atom stereocenters. The van der Waals surface area contributed by atoms with E-state index in [4.69, 9.17) is 5.73 Å². The van der Waals surface area contributed by atoms with E-state index in [9.17, 15) is 4.79 Å². The topological polar surface area (TPSA) is 59.2 Å². The van der Waals surface area contributed by atoms with Crippen molar-refractivity contribution in [2.24, 2.45) is 0 Å². The van der Waals surface area contributed by atoms with Crippen LogP contribution in [0.5, 0.6) is 0 Å². The van der Waals surface area contributed by atoms with Gasteiger partial charge in [0.1, 0.15) is 5.82 Å². The van der Waals surface area contributed by atoms with Crippen molar-refractivity contribution in [2.75, 3.05) is 17.2 Å². The van der Waals surface area contributed by atoms with Crippen LogP contribution >= 0.6 is 0 Å². The van der Waals surface area contributed by atoms with Crippen LogP contribution in [0.2, 0.25) is 0 Å². The predicted molar refractivity (Wildman–Crippen MR) is 79.7 cm³/mol. The number of rotatable bonds is 1. The molecule has 1 aromatic carbocycles. The highest BCUT2D eigenvalue weighted by Crippen LogP contribution is 2.27. The molecule has 1 aromatic heterocycles. The Morgan fingerprint density at radius 2 is 2.00 bits per heavy atom. The van der Waals surface area contributed by atoms with E-state index in [-0.39, 0.29) is 5.91 Å². The van der Waals surface area contributed by atoms with E-state index in [0.29, 0.717) is 11.4 Å². The van der Waals surface area contributed by atoms with Gasteiger partial charge in [0.05, 0.1) is 5.56 Å². The molecule has 1 amide bonds. The number of fused-ring (bicyclic) bond motifs is 1. The predicted octanol–water partition coefficient (Wildman–Crippen LogP) is 2.65. The lowest BCUT2D eigenvalue weighted by Gasteiger charge is -2.22. The number of pyridine rings is 1. The summed E-state index contributed by atoms with van der Waals surface area (Å²) in [6.45, 7) is 0.750. The molecule has 0 spiro atoms. The lowest BCUT2D eigenvalue weighted by atomic mass is 10.1. The minimum atomic E-state index is -0.00755. The van der Waals surface area contributed by atoms with Gasteiger partial charge in [0.15, 0.2) is 0 Å². The molecule has 0 saturated heterocycles. The maximum absolute atomic E-state index is 12.7. The molecule has 0 fully saturated rings.